The van der Waals surface area contributed by atoms with Crippen molar-refractivity contribution in [2.75, 3.05) is 0 Å². The summed E-state index contributed by atoms with van der Waals surface area (Å²) in [5.41, 5.74) is 5.34. The highest BCUT2D eigenvalue weighted by Gasteiger charge is 2.04. The lowest BCUT2D eigenvalue weighted by Gasteiger charge is -2.07. The molecule has 0 spiro atoms. The van der Waals surface area contributed by atoms with E-state index < -0.39 is 0 Å². The molecule has 0 heterocycles. The first kappa shape index (κ1) is 23.3. The van der Waals surface area contributed by atoms with Crippen molar-refractivity contribution in [3.8, 4) is 11.5 Å². The van der Waals surface area contributed by atoms with Gasteiger partial charge in [-0.15, -0.1) is 0 Å². The van der Waals surface area contributed by atoms with Crippen LogP contribution in [0.4, 0.5) is 11.4 Å². The van der Waals surface area contributed by atoms with Crippen molar-refractivity contribution in [3.05, 3.63) is 82.9 Å². The number of nitrogens with zero attached hydrogens (tertiary/aromatic N) is 2. The van der Waals surface area contributed by atoms with Gasteiger partial charge in [0.2, 0.25) is 0 Å². The lowest BCUT2D eigenvalue weighted by molar-refractivity contribution is 0.473. The Kier molecular flexibility index (Phi) is 7.82. The Morgan fingerprint density at radius 3 is 1.34 bits per heavy atom. The predicted molar refractivity (Wildman–Crippen MR) is 134 cm³/mol. The zero-order valence-electron chi connectivity index (χ0n) is 19.3. The first-order valence-corrected chi connectivity index (χ1v) is 11.1. The second kappa shape index (κ2) is 10.8. The van der Waals surface area contributed by atoms with Crippen molar-refractivity contribution < 1.29 is 10.2 Å². The van der Waals surface area contributed by atoms with Gasteiger partial charge in [-0.2, -0.15) is 0 Å². The molecule has 166 valence electrons. The minimum atomic E-state index is 0.224. The molecule has 0 unspecified atom stereocenters. The molecule has 0 aliphatic rings. The molecule has 32 heavy (non-hydrogen) atoms. The second-order valence-electron chi connectivity index (χ2n) is 9.02. The molecule has 0 saturated carbocycles. The molecule has 0 bridgehead atoms. The van der Waals surface area contributed by atoms with Crippen molar-refractivity contribution in [2.24, 2.45) is 21.8 Å². The maximum Gasteiger partial charge on any atom is 0.124 e. The summed E-state index contributed by atoms with van der Waals surface area (Å²) in [4.78, 5) is 8.99. The Bertz CT molecular complexity index is 1010. The van der Waals surface area contributed by atoms with Crippen LogP contribution in [0.25, 0.3) is 0 Å². The van der Waals surface area contributed by atoms with Gasteiger partial charge in [0, 0.05) is 23.6 Å². The van der Waals surface area contributed by atoms with E-state index in [4.69, 9.17) is 0 Å². The highest BCUT2D eigenvalue weighted by atomic mass is 16.3. The van der Waals surface area contributed by atoms with Gasteiger partial charge in [-0.05, 0) is 84.3 Å². The Morgan fingerprint density at radius 1 is 0.625 bits per heavy atom. The van der Waals surface area contributed by atoms with Gasteiger partial charge in [-0.1, -0.05) is 39.8 Å². The smallest absolute Gasteiger partial charge is 0.124 e. The van der Waals surface area contributed by atoms with E-state index in [1.165, 1.54) is 11.1 Å². The van der Waals surface area contributed by atoms with Crippen molar-refractivity contribution in [1.82, 2.24) is 0 Å². The molecule has 0 saturated heterocycles. The van der Waals surface area contributed by atoms with E-state index in [-0.39, 0.29) is 11.5 Å². The van der Waals surface area contributed by atoms with Gasteiger partial charge < -0.3 is 10.2 Å². The molecule has 0 amide bonds. The summed E-state index contributed by atoms with van der Waals surface area (Å²) in [5.74, 6) is 1.55. The summed E-state index contributed by atoms with van der Waals surface area (Å²) in [6.07, 6.45) is 5.30. The molecule has 0 aliphatic carbocycles. The van der Waals surface area contributed by atoms with Crippen LogP contribution in [0.15, 0.2) is 70.6 Å². The van der Waals surface area contributed by atoms with Crippen LogP contribution in [0.1, 0.15) is 49.9 Å². The summed E-state index contributed by atoms with van der Waals surface area (Å²) in [7, 11) is 0. The molecule has 2 N–H and O–H groups in total. The largest absolute Gasteiger partial charge is 0.507 e. The van der Waals surface area contributed by atoms with E-state index in [0.29, 0.717) is 23.0 Å². The third-order valence-corrected chi connectivity index (χ3v) is 5.03. The van der Waals surface area contributed by atoms with E-state index in [1.807, 2.05) is 48.5 Å². The van der Waals surface area contributed by atoms with Crippen LogP contribution in [0.5, 0.6) is 11.5 Å². The molecule has 0 radical (unpaired) electrons. The zero-order chi connectivity index (χ0) is 23.1. The standard InChI is InChI=1S/C28H32N2O2/c1-19(2)13-21-5-11-27(31)23(15-21)17-29-25-7-9-26(10-8-25)30-18-24-16-22(14-20(3)4)6-12-28(24)32/h5-12,15-20,31-32H,13-14H2,1-4H3. The molecular formula is C28H32N2O2. The second-order valence-corrected chi connectivity index (χ2v) is 9.02. The van der Waals surface area contributed by atoms with Crippen molar-refractivity contribution in [1.29, 1.82) is 0 Å². The summed E-state index contributed by atoms with van der Waals surface area (Å²) in [6, 6.07) is 18.9. The van der Waals surface area contributed by atoms with E-state index >= 15 is 0 Å². The number of aromatic hydroxyl groups is 2. The number of hydrogen-bond acceptors (Lipinski definition) is 4. The van der Waals surface area contributed by atoms with Crippen molar-refractivity contribution >= 4 is 23.8 Å². The summed E-state index contributed by atoms with van der Waals surface area (Å²) in [5, 5.41) is 20.3. The average Bonchev–Trinajstić information content (AvgIpc) is 2.74. The Morgan fingerprint density at radius 2 is 1.00 bits per heavy atom. The van der Waals surface area contributed by atoms with Crippen LogP contribution in [0.3, 0.4) is 0 Å². The lowest BCUT2D eigenvalue weighted by Crippen LogP contribution is -1.95. The van der Waals surface area contributed by atoms with E-state index in [0.717, 1.165) is 24.2 Å². The first-order chi connectivity index (χ1) is 15.3. The van der Waals surface area contributed by atoms with E-state index in [9.17, 15) is 10.2 Å². The lowest BCUT2D eigenvalue weighted by atomic mass is 10.0. The molecule has 4 nitrogen and oxygen atoms in total. The normalized spacial score (nSPS) is 11.9. The fraction of sp³-hybridized carbons (Fsp3) is 0.286. The van der Waals surface area contributed by atoms with Crippen LogP contribution in [-0.2, 0) is 12.8 Å². The van der Waals surface area contributed by atoms with Gasteiger partial charge in [0.1, 0.15) is 11.5 Å². The fourth-order valence-electron chi connectivity index (χ4n) is 3.52. The highest BCUT2D eigenvalue weighted by molar-refractivity contribution is 5.86. The number of phenols is 2. The van der Waals surface area contributed by atoms with E-state index in [2.05, 4.69) is 37.7 Å². The molecule has 3 aromatic rings. The molecule has 0 aliphatic heterocycles. The van der Waals surface area contributed by atoms with Crippen molar-refractivity contribution in [2.45, 2.75) is 40.5 Å². The molecule has 0 atom stereocenters. The summed E-state index contributed by atoms with van der Waals surface area (Å²) in [6.45, 7) is 8.70. The van der Waals surface area contributed by atoms with Gasteiger partial charge in [0.25, 0.3) is 0 Å². The van der Waals surface area contributed by atoms with Crippen LogP contribution < -0.4 is 0 Å². The van der Waals surface area contributed by atoms with Crippen LogP contribution in [0, 0.1) is 11.8 Å². The van der Waals surface area contributed by atoms with Gasteiger partial charge in [0.15, 0.2) is 0 Å². The Labute approximate surface area is 191 Å². The molecule has 3 rings (SSSR count). The van der Waals surface area contributed by atoms with Crippen LogP contribution >= 0.6 is 0 Å². The topological polar surface area (TPSA) is 65.2 Å². The number of hydrogen-bond donors (Lipinski definition) is 2. The maximum absolute atomic E-state index is 10.1. The van der Waals surface area contributed by atoms with Gasteiger partial charge in [0.05, 0.1) is 11.4 Å². The number of phenolic OH excluding ortho intramolecular Hbond substituents is 2. The maximum atomic E-state index is 10.1. The zero-order valence-corrected chi connectivity index (χ0v) is 19.3. The number of benzene rings is 3. The molecule has 0 fully saturated rings. The van der Waals surface area contributed by atoms with Crippen LogP contribution in [0.2, 0.25) is 0 Å². The number of aliphatic imine (C=N–C) groups is 2. The Balaban J connectivity index is 1.71. The molecule has 3 aromatic carbocycles. The minimum absolute atomic E-state index is 0.224. The number of rotatable bonds is 8. The third-order valence-electron chi connectivity index (χ3n) is 5.03. The highest BCUT2D eigenvalue weighted by Crippen LogP contribution is 2.23. The first-order valence-electron chi connectivity index (χ1n) is 11.1. The van der Waals surface area contributed by atoms with Crippen molar-refractivity contribution in [3.63, 3.8) is 0 Å². The predicted octanol–water partition coefficient (Wildman–Crippen LogP) is 7.00. The average molecular weight is 429 g/mol. The fourth-order valence-corrected chi connectivity index (χ4v) is 3.52. The summed E-state index contributed by atoms with van der Waals surface area (Å²) < 4.78 is 0. The molecule has 4 heteroatoms. The van der Waals surface area contributed by atoms with Gasteiger partial charge >= 0.3 is 0 Å². The quantitative estimate of drug-likeness (QED) is 0.380. The third kappa shape index (κ3) is 6.81. The molecular weight excluding hydrogens is 396 g/mol. The Hall–Kier alpha value is -3.40. The minimum Gasteiger partial charge on any atom is -0.507 e. The monoisotopic (exact) mass is 428 g/mol. The SMILES string of the molecule is CC(C)Cc1ccc(O)c(C=Nc2ccc(N=Cc3cc(CC(C)C)ccc3O)cc2)c1. The summed E-state index contributed by atoms with van der Waals surface area (Å²) >= 11 is 0. The van der Waals surface area contributed by atoms with Crippen LogP contribution in [-0.4, -0.2) is 22.6 Å². The molecule has 0 aromatic heterocycles. The van der Waals surface area contributed by atoms with E-state index in [1.54, 1.807) is 24.6 Å². The van der Waals surface area contributed by atoms with Gasteiger partial charge in [-0.25, -0.2) is 0 Å². The van der Waals surface area contributed by atoms with Gasteiger partial charge in [-0.3, -0.25) is 9.98 Å².